The normalized spacial score (nSPS) is 11.7. The number of hydrogen-bond donors (Lipinski definition) is 1. The number of nitrogens with one attached hydrogen (secondary N) is 1. The monoisotopic (exact) mass is 342 g/mol. The highest BCUT2D eigenvalue weighted by Gasteiger charge is 2.23. The summed E-state index contributed by atoms with van der Waals surface area (Å²) in [5.41, 5.74) is 2.93. The van der Waals surface area contributed by atoms with Gasteiger partial charge in [-0.1, -0.05) is 42.0 Å². The van der Waals surface area contributed by atoms with Crippen LogP contribution in [0.1, 0.15) is 30.5 Å². The molecular weight excluding hydrogens is 319 g/mol. The van der Waals surface area contributed by atoms with Crippen LogP contribution in [0, 0.1) is 12.7 Å². The summed E-state index contributed by atoms with van der Waals surface area (Å²) in [4.78, 5) is 25.8. The van der Waals surface area contributed by atoms with Crippen molar-refractivity contribution < 1.29 is 14.0 Å². The van der Waals surface area contributed by atoms with E-state index in [1.807, 2.05) is 31.2 Å². The fraction of sp³-hybridized carbons (Fsp3) is 0.300. The van der Waals surface area contributed by atoms with Gasteiger partial charge in [-0.05, 0) is 37.1 Å². The van der Waals surface area contributed by atoms with Crippen LogP contribution in [0.25, 0.3) is 0 Å². The summed E-state index contributed by atoms with van der Waals surface area (Å²) in [5.74, 6) is -0.762. The van der Waals surface area contributed by atoms with Gasteiger partial charge in [0.25, 0.3) is 0 Å². The van der Waals surface area contributed by atoms with Crippen molar-refractivity contribution in [2.45, 2.75) is 39.9 Å². The van der Waals surface area contributed by atoms with Gasteiger partial charge >= 0.3 is 0 Å². The average Bonchev–Trinajstić information content (AvgIpc) is 2.59. The second kappa shape index (κ2) is 8.42. The molecule has 1 atom stereocenters. The third kappa shape index (κ3) is 5.41. The molecule has 25 heavy (non-hydrogen) atoms. The van der Waals surface area contributed by atoms with Gasteiger partial charge in [-0.25, -0.2) is 4.39 Å². The van der Waals surface area contributed by atoms with Crippen molar-refractivity contribution >= 4 is 11.8 Å². The Balaban J connectivity index is 1.99. The molecule has 0 aliphatic rings. The van der Waals surface area contributed by atoms with E-state index in [-0.39, 0.29) is 24.2 Å². The first-order valence-electron chi connectivity index (χ1n) is 8.21. The minimum Gasteiger partial charge on any atom is -0.350 e. The maximum atomic E-state index is 13.0. The Hall–Kier alpha value is -2.69. The molecule has 0 bridgehead atoms. The summed E-state index contributed by atoms with van der Waals surface area (Å²) in [6.45, 7) is 5.79. The molecule has 4 nitrogen and oxygen atoms in total. The van der Waals surface area contributed by atoms with Gasteiger partial charge in [0.1, 0.15) is 11.9 Å². The molecule has 2 aromatic carbocycles. The molecule has 2 aromatic rings. The van der Waals surface area contributed by atoms with Crippen molar-refractivity contribution in [3.05, 3.63) is 71.0 Å². The van der Waals surface area contributed by atoms with Crippen LogP contribution in [-0.2, 0) is 22.7 Å². The van der Waals surface area contributed by atoms with Gasteiger partial charge in [-0.3, -0.25) is 9.59 Å². The number of carbonyl (C=O) groups is 2. The first-order valence-corrected chi connectivity index (χ1v) is 8.21. The molecule has 0 aromatic heterocycles. The van der Waals surface area contributed by atoms with Crippen LogP contribution in [0.4, 0.5) is 4.39 Å². The van der Waals surface area contributed by atoms with Gasteiger partial charge in [-0.15, -0.1) is 0 Å². The number of rotatable bonds is 6. The van der Waals surface area contributed by atoms with Crippen molar-refractivity contribution in [1.29, 1.82) is 0 Å². The van der Waals surface area contributed by atoms with Crippen LogP contribution in [0.2, 0.25) is 0 Å². The van der Waals surface area contributed by atoms with Gasteiger partial charge in [0.05, 0.1) is 0 Å². The zero-order valence-corrected chi connectivity index (χ0v) is 14.8. The largest absolute Gasteiger partial charge is 0.350 e. The topological polar surface area (TPSA) is 49.4 Å². The van der Waals surface area contributed by atoms with E-state index in [2.05, 4.69) is 5.32 Å². The number of amides is 2. The number of carbonyl (C=O) groups excluding carboxylic acids is 2. The highest BCUT2D eigenvalue weighted by molar-refractivity contribution is 5.86. The van der Waals surface area contributed by atoms with Gasteiger partial charge in [0.2, 0.25) is 11.8 Å². The van der Waals surface area contributed by atoms with Crippen molar-refractivity contribution in [2.75, 3.05) is 0 Å². The number of halogens is 1. The molecule has 0 spiro atoms. The lowest BCUT2D eigenvalue weighted by Gasteiger charge is -2.27. The predicted molar refractivity (Wildman–Crippen MR) is 95.1 cm³/mol. The summed E-state index contributed by atoms with van der Waals surface area (Å²) < 4.78 is 13.0. The SMILES string of the molecule is CC(=O)N(Cc1ccc(F)cc1)C(C)C(=O)NCc1ccc(C)cc1. The smallest absolute Gasteiger partial charge is 0.242 e. The van der Waals surface area contributed by atoms with Gasteiger partial charge < -0.3 is 10.2 Å². The van der Waals surface area contributed by atoms with Gasteiger partial charge in [0, 0.05) is 20.0 Å². The zero-order chi connectivity index (χ0) is 18.4. The summed E-state index contributed by atoms with van der Waals surface area (Å²) >= 11 is 0. The molecule has 0 aliphatic heterocycles. The zero-order valence-electron chi connectivity index (χ0n) is 14.8. The minimum absolute atomic E-state index is 0.206. The fourth-order valence-electron chi connectivity index (χ4n) is 2.49. The summed E-state index contributed by atoms with van der Waals surface area (Å²) in [5, 5.41) is 2.86. The Morgan fingerprint density at radius 1 is 1.04 bits per heavy atom. The second-order valence-corrected chi connectivity index (χ2v) is 6.15. The molecule has 0 radical (unpaired) electrons. The Labute approximate surface area is 147 Å². The van der Waals surface area contributed by atoms with E-state index in [1.165, 1.54) is 24.0 Å². The third-order valence-corrected chi connectivity index (χ3v) is 4.10. The van der Waals surface area contributed by atoms with Crippen LogP contribution in [-0.4, -0.2) is 22.8 Å². The molecule has 1 unspecified atom stereocenters. The number of aryl methyl sites for hydroxylation is 1. The highest BCUT2D eigenvalue weighted by atomic mass is 19.1. The highest BCUT2D eigenvalue weighted by Crippen LogP contribution is 2.11. The van der Waals surface area contributed by atoms with E-state index in [4.69, 9.17) is 0 Å². The molecule has 5 heteroatoms. The van der Waals surface area contributed by atoms with Crippen molar-refractivity contribution in [2.24, 2.45) is 0 Å². The summed E-state index contributed by atoms with van der Waals surface area (Å²) in [6, 6.07) is 13.2. The molecule has 132 valence electrons. The van der Waals surface area contributed by atoms with E-state index < -0.39 is 6.04 Å². The third-order valence-electron chi connectivity index (χ3n) is 4.10. The Morgan fingerprint density at radius 2 is 1.60 bits per heavy atom. The van der Waals surface area contributed by atoms with E-state index in [0.717, 1.165) is 16.7 Å². The van der Waals surface area contributed by atoms with E-state index in [1.54, 1.807) is 19.1 Å². The quantitative estimate of drug-likeness (QED) is 0.876. The molecular formula is C20H23FN2O2. The predicted octanol–water partition coefficient (Wildman–Crippen LogP) is 3.19. The molecule has 0 saturated heterocycles. The van der Waals surface area contributed by atoms with Gasteiger partial charge in [0.15, 0.2) is 0 Å². The lowest BCUT2D eigenvalue weighted by molar-refractivity contribution is -0.139. The molecule has 0 saturated carbocycles. The number of hydrogen-bond acceptors (Lipinski definition) is 2. The Bertz CT molecular complexity index is 726. The molecule has 0 fully saturated rings. The summed E-state index contributed by atoms with van der Waals surface area (Å²) in [6.07, 6.45) is 0. The maximum absolute atomic E-state index is 13.0. The molecule has 2 rings (SSSR count). The molecule has 1 N–H and O–H groups in total. The lowest BCUT2D eigenvalue weighted by Crippen LogP contribution is -2.46. The number of benzene rings is 2. The van der Waals surface area contributed by atoms with Crippen LogP contribution >= 0.6 is 0 Å². The lowest BCUT2D eigenvalue weighted by atomic mass is 10.1. The maximum Gasteiger partial charge on any atom is 0.242 e. The second-order valence-electron chi connectivity index (χ2n) is 6.15. The Morgan fingerprint density at radius 3 is 2.16 bits per heavy atom. The number of nitrogens with zero attached hydrogens (tertiary/aromatic N) is 1. The first-order chi connectivity index (χ1) is 11.9. The fourth-order valence-corrected chi connectivity index (χ4v) is 2.49. The van der Waals surface area contributed by atoms with Crippen LogP contribution in [0.3, 0.4) is 0 Å². The van der Waals surface area contributed by atoms with E-state index >= 15 is 0 Å². The minimum atomic E-state index is -0.618. The van der Waals surface area contributed by atoms with Crippen LogP contribution < -0.4 is 5.32 Å². The Kier molecular flexibility index (Phi) is 6.28. The average molecular weight is 342 g/mol. The molecule has 0 aliphatic carbocycles. The van der Waals surface area contributed by atoms with E-state index in [0.29, 0.717) is 6.54 Å². The van der Waals surface area contributed by atoms with Crippen molar-refractivity contribution in [3.8, 4) is 0 Å². The van der Waals surface area contributed by atoms with E-state index in [9.17, 15) is 14.0 Å². The van der Waals surface area contributed by atoms with Crippen molar-refractivity contribution in [1.82, 2.24) is 10.2 Å². The van der Waals surface area contributed by atoms with Crippen LogP contribution in [0.5, 0.6) is 0 Å². The van der Waals surface area contributed by atoms with Crippen LogP contribution in [0.15, 0.2) is 48.5 Å². The molecule has 2 amide bonds. The standard InChI is InChI=1S/C20H23FN2O2/c1-14-4-6-17(7-5-14)12-22-20(25)15(2)23(16(3)24)13-18-8-10-19(21)11-9-18/h4-11,15H,12-13H2,1-3H3,(H,22,25). The first kappa shape index (κ1) is 18.6. The van der Waals surface area contributed by atoms with Crippen molar-refractivity contribution in [3.63, 3.8) is 0 Å². The molecule has 0 heterocycles. The summed E-state index contributed by atoms with van der Waals surface area (Å²) in [7, 11) is 0. The van der Waals surface area contributed by atoms with Gasteiger partial charge in [-0.2, -0.15) is 0 Å².